The van der Waals surface area contributed by atoms with Crippen LogP contribution in [0.3, 0.4) is 0 Å². The molecule has 1 saturated heterocycles. The smallest absolute Gasteiger partial charge is 0.0948 e. The Labute approximate surface area is 96.8 Å². The van der Waals surface area contributed by atoms with E-state index in [1.807, 2.05) is 19.4 Å². The van der Waals surface area contributed by atoms with Gasteiger partial charge < -0.3 is 15.0 Å². The molecule has 0 aliphatic carbocycles. The van der Waals surface area contributed by atoms with Gasteiger partial charge in [-0.05, 0) is 25.2 Å². The van der Waals surface area contributed by atoms with Crippen molar-refractivity contribution in [2.24, 2.45) is 11.1 Å². The normalized spacial score (nSPS) is 21.9. The van der Waals surface area contributed by atoms with Crippen LogP contribution in [0, 0.1) is 5.41 Å². The number of ether oxygens (including phenoxy) is 1. The summed E-state index contributed by atoms with van der Waals surface area (Å²) in [6.07, 6.45) is 5.99. The highest BCUT2D eigenvalue weighted by Crippen LogP contribution is 2.32. The molecule has 0 radical (unpaired) electrons. The summed E-state index contributed by atoms with van der Waals surface area (Å²) in [7, 11) is 0. The van der Waals surface area contributed by atoms with Gasteiger partial charge in [0, 0.05) is 32.0 Å². The molecule has 1 aromatic rings. The third kappa shape index (κ3) is 2.44. The molecule has 0 spiro atoms. The van der Waals surface area contributed by atoms with Crippen molar-refractivity contribution in [3.63, 3.8) is 0 Å². The quantitative estimate of drug-likeness (QED) is 0.849. The third-order valence-electron chi connectivity index (χ3n) is 3.46. The molecular weight excluding hydrogens is 202 g/mol. The Kier molecular flexibility index (Phi) is 3.30. The molecule has 4 nitrogen and oxygen atoms in total. The summed E-state index contributed by atoms with van der Waals surface area (Å²) in [5, 5.41) is 0. The Bertz CT molecular complexity index is 340. The summed E-state index contributed by atoms with van der Waals surface area (Å²) in [5.41, 5.74) is 7.36. The van der Waals surface area contributed by atoms with E-state index in [1.165, 1.54) is 0 Å². The van der Waals surface area contributed by atoms with Gasteiger partial charge in [-0.15, -0.1) is 0 Å². The molecule has 2 N–H and O–H groups in total. The highest BCUT2D eigenvalue weighted by molar-refractivity contribution is 5.04. The molecule has 1 aliphatic heterocycles. The molecule has 0 unspecified atom stereocenters. The van der Waals surface area contributed by atoms with Gasteiger partial charge in [-0.25, -0.2) is 4.98 Å². The summed E-state index contributed by atoms with van der Waals surface area (Å²) in [4.78, 5) is 4.19. The van der Waals surface area contributed by atoms with E-state index < -0.39 is 0 Å². The first-order valence-electron chi connectivity index (χ1n) is 5.94. The summed E-state index contributed by atoms with van der Waals surface area (Å²) < 4.78 is 7.60. The molecule has 1 fully saturated rings. The average Bonchev–Trinajstić information content (AvgIpc) is 2.66. The minimum Gasteiger partial charge on any atom is -0.381 e. The second-order valence-corrected chi connectivity index (χ2v) is 5.16. The summed E-state index contributed by atoms with van der Waals surface area (Å²) in [5.74, 6) is 0. The van der Waals surface area contributed by atoms with E-state index in [2.05, 4.69) is 16.5 Å². The van der Waals surface area contributed by atoms with Crippen molar-refractivity contribution in [1.82, 2.24) is 9.55 Å². The van der Waals surface area contributed by atoms with Crippen molar-refractivity contribution in [3.05, 3.63) is 18.2 Å². The summed E-state index contributed by atoms with van der Waals surface area (Å²) in [6, 6.07) is 0.0472. The van der Waals surface area contributed by atoms with Gasteiger partial charge in [0.2, 0.25) is 0 Å². The fraction of sp³-hybridized carbons (Fsp3) is 0.750. The predicted molar refractivity (Wildman–Crippen MR) is 63.0 cm³/mol. The van der Waals surface area contributed by atoms with E-state index in [0.29, 0.717) is 5.41 Å². The molecule has 0 aromatic carbocycles. The maximum atomic E-state index is 5.92. The predicted octanol–water partition coefficient (Wildman–Crippen LogP) is 1.72. The Morgan fingerprint density at radius 2 is 2.25 bits per heavy atom. The first kappa shape index (κ1) is 11.6. The lowest BCUT2D eigenvalue weighted by atomic mass is 9.82. The summed E-state index contributed by atoms with van der Waals surface area (Å²) >= 11 is 0. The van der Waals surface area contributed by atoms with E-state index in [9.17, 15) is 0 Å². The second-order valence-electron chi connectivity index (χ2n) is 5.16. The van der Waals surface area contributed by atoms with Gasteiger partial charge in [0.25, 0.3) is 0 Å². The van der Waals surface area contributed by atoms with Gasteiger partial charge in [-0.2, -0.15) is 0 Å². The molecule has 16 heavy (non-hydrogen) atoms. The van der Waals surface area contributed by atoms with Crippen LogP contribution in [0.2, 0.25) is 0 Å². The molecular formula is C12H21N3O. The van der Waals surface area contributed by atoms with Crippen LogP contribution < -0.4 is 5.73 Å². The van der Waals surface area contributed by atoms with Crippen molar-refractivity contribution < 1.29 is 4.74 Å². The second kappa shape index (κ2) is 4.55. The number of hydrogen-bond acceptors (Lipinski definition) is 3. The molecule has 1 aromatic heterocycles. The van der Waals surface area contributed by atoms with Crippen LogP contribution in [-0.4, -0.2) is 22.8 Å². The Balaban J connectivity index is 2.10. The molecule has 4 heteroatoms. The van der Waals surface area contributed by atoms with E-state index in [1.54, 1.807) is 0 Å². The van der Waals surface area contributed by atoms with Crippen LogP contribution in [-0.2, 0) is 11.3 Å². The first-order valence-corrected chi connectivity index (χ1v) is 5.94. The molecule has 0 bridgehead atoms. The van der Waals surface area contributed by atoms with E-state index in [4.69, 9.17) is 10.5 Å². The fourth-order valence-electron chi connectivity index (χ4n) is 2.28. The monoisotopic (exact) mass is 223 g/mol. The van der Waals surface area contributed by atoms with Gasteiger partial charge in [0.15, 0.2) is 0 Å². The molecule has 2 heterocycles. The zero-order valence-corrected chi connectivity index (χ0v) is 10.1. The van der Waals surface area contributed by atoms with E-state index in [0.717, 1.165) is 38.3 Å². The van der Waals surface area contributed by atoms with Crippen LogP contribution >= 0.6 is 0 Å². The van der Waals surface area contributed by atoms with Crippen molar-refractivity contribution >= 4 is 0 Å². The Morgan fingerprint density at radius 3 is 2.88 bits per heavy atom. The molecule has 1 aliphatic rings. The standard InChI is InChI=1S/C12H21N3O/c1-10(13)11-7-14-9-15(11)8-12(2)3-5-16-6-4-12/h7,9-10H,3-6,8,13H2,1-2H3/t10-/m0/s1. The number of rotatable bonds is 3. The average molecular weight is 223 g/mol. The molecule has 2 rings (SSSR count). The molecule has 1 atom stereocenters. The highest BCUT2D eigenvalue weighted by Gasteiger charge is 2.28. The SMILES string of the molecule is C[C@H](N)c1cncn1CC1(C)CCOCC1. The summed E-state index contributed by atoms with van der Waals surface area (Å²) in [6.45, 7) is 7.06. The minimum atomic E-state index is 0.0472. The molecule has 90 valence electrons. The lowest BCUT2D eigenvalue weighted by Gasteiger charge is -2.34. The number of nitrogens with two attached hydrogens (primary N) is 1. The van der Waals surface area contributed by atoms with Crippen LogP contribution in [0.15, 0.2) is 12.5 Å². The Hall–Kier alpha value is -0.870. The number of aromatic nitrogens is 2. The van der Waals surface area contributed by atoms with Crippen molar-refractivity contribution in [2.45, 2.75) is 39.3 Å². The molecule has 0 amide bonds. The zero-order valence-electron chi connectivity index (χ0n) is 10.1. The lowest BCUT2D eigenvalue weighted by molar-refractivity contribution is 0.0151. The van der Waals surface area contributed by atoms with Gasteiger partial charge in [0.05, 0.1) is 12.0 Å². The van der Waals surface area contributed by atoms with Crippen LogP contribution in [0.4, 0.5) is 0 Å². The number of imidazole rings is 1. The highest BCUT2D eigenvalue weighted by atomic mass is 16.5. The third-order valence-corrected chi connectivity index (χ3v) is 3.46. The van der Waals surface area contributed by atoms with Crippen molar-refractivity contribution in [1.29, 1.82) is 0 Å². The van der Waals surface area contributed by atoms with Gasteiger partial charge in [-0.3, -0.25) is 0 Å². The lowest BCUT2D eigenvalue weighted by Crippen LogP contribution is -2.31. The zero-order chi connectivity index (χ0) is 11.6. The van der Waals surface area contributed by atoms with Crippen molar-refractivity contribution in [2.75, 3.05) is 13.2 Å². The molecule has 0 saturated carbocycles. The van der Waals surface area contributed by atoms with Gasteiger partial charge in [0.1, 0.15) is 0 Å². The number of nitrogens with zero attached hydrogens (tertiary/aromatic N) is 2. The first-order chi connectivity index (χ1) is 7.61. The van der Waals surface area contributed by atoms with E-state index >= 15 is 0 Å². The minimum absolute atomic E-state index is 0.0472. The van der Waals surface area contributed by atoms with E-state index in [-0.39, 0.29) is 6.04 Å². The maximum Gasteiger partial charge on any atom is 0.0948 e. The Morgan fingerprint density at radius 1 is 1.56 bits per heavy atom. The maximum absolute atomic E-state index is 5.92. The fourth-order valence-corrected chi connectivity index (χ4v) is 2.28. The van der Waals surface area contributed by atoms with Gasteiger partial charge >= 0.3 is 0 Å². The number of hydrogen-bond donors (Lipinski definition) is 1. The largest absolute Gasteiger partial charge is 0.381 e. The van der Waals surface area contributed by atoms with Crippen LogP contribution in [0.1, 0.15) is 38.4 Å². The van der Waals surface area contributed by atoms with Crippen molar-refractivity contribution in [3.8, 4) is 0 Å². The topological polar surface area (TPSA) is 53.1 Å². The van der Waals surface area contributed by atoms with Crippen LogP contribution in [0.25, 0.3) is 0 Å². The van der Waals surface area contributed by atoms with Gasteiger partial charge in [-0.1, -0.05) is 6.92 Å². The van der Waals surface area contributed by atoms with Crippen LogP contribution in [0.5, 0.6) is 0 Å².